The van der Waals surface area contributed by atoms with Crippen molar-refractivity contribution in [1.82, 2.24) is 14.7 Å². The molecule has 18 heavy (non-hydrogen) atoms. The highest BCUT2D eigenvalue weighted by molar-refractivity contribution is 7.88. The lowest BCUT2D eigenvalue weighted by atomic mass is 10.2. The topological polar surface area (TPSA) is 84.0 Å². The molecule has 6 nitrogen and oxygen atoms in total. The molecule has 1 rings (SSSR count). The molecule has 102 valence electrons. The van der Waals surface area contributed by atoms with E-state index >= 15 is 0 Å². The van der Waals surface area contributed by atoms with Gasteiger partial charge in [-0.3, -0.25) is 0 Å². The number of hydrogen-bond acceptors (Lipinski definition) is 5. The lowest BCUT2D eigenvalue weighted by Crippen LogP contribution is -2.27. The van der Waals surface area contributed by atoms with Crippen molar-refractivity contribution in [2.75, 3.05) is 24.7 Å². The Morgan fingerprint density at radius 1 is 1.33 bits per heavy atom. The Hall–Kier alpha value is -0.920. The van der Waals surface area contributed by atoms with Gasteiger partial charge in [0.1, 0.15) is 16.8 Å². The third kappa shape index (κ3) is 5.61. The van der Waals surface area contributed by atoms with E-state index in [-0.39, 0.29) is 12.5 Å². The van der Waals surface area contributed by atoms with Gasteiger partial charge in [0, 0.05) is 25.1 Å². The van der Waals surface area contributed by atoms with Crippen LogP contribution in [0.3, 0.4) is 0 Å². The van der Waals surface area contributed by atoms with E-state index in [0.29, 0.717) is 23.3 Å². The summed E-state index contributed by atoms with van der Waals surface area (Å²) in [6, 6.07) is 1.61. The van der Waals surface area contributed by atoms with Crippen molar-refractivity contribution < 1.29 is 8.42 Å². The molecule has 8 heteroatoms. The van der Waals surface area contributed by atoms with Crippen molar-refractivity contribution in [2.24, 2.45) is 0 Å². The maximum atomic E-state index is 10.9. The van der Waals surface area contributed by atoms with Crippen molar-refractivity contribution >= 4 is 27.4 Å². The number of halogens is 1. The number of aromatic nitrogens is 2. The van der Waals surface area contributed by atoms with E-state index in [0.717, 1.165) is 6.26 Å². The summed E-state index contributed by atoms with van der Waals surface area (Å²) in [7, 11) is -3.16. The first kappa shape index (κ1) is 15.1. The first-order chi connectivity index (χ1) is 8.28. The van der Waals surface area contributed by atoms with Gasteiger partial charge in [0.25, 0.3) is 0 Å². The fourth-order valence-corrected chi connectivity index (χ4v) is 1.87. The Morgan fingerprint density at radius 2 is 2.00 bits per heavy atom. The van der Waals surface area contributed by atoms with E-state index in [4.69, 9.17) is 11.6 Å². The Kier molecular flexibility index (Phi) is 5.30. The minimum absolute atomic E-state index is 0.179. The van der Waals surface area contributed by atoms with Crippen LogP contribution in [-0.4, -0.2) is 37.7 Å². The zero-order valence-corrected chi connectivity index (χ0v) is 12.1. The van der Waals surface area contributed by atoms with E-state index in [1.54, 1.807) is 6.07 Å². The zero-order chi connectivity index (χ0) is 13.8. The summed E-state index contributed by atoms with van der Waals surface area (Å²) >= 11 is 5.88. The van der Waals surface area contributed by atoms with Gasteiger partial charge < -0.3 is 5.32 Å². The molecule has 1 heterocycles. The highest BCUT2D eigenvalue weighted by Crippen LogP contribution is 2.16. The van der Waals surface area contributed by atoms with Gasteiger partial charge in [-0.25, -0.2) is 23.1 Å². The standard InChI is InChI=1S/C10H17ClN4O2S/c1-7(2)10-14-8(11)6-9(15-10)12-4-5-13-18(3,16)17/h6-7,13H,4-5H2,1-3H3,(H,12,14,15). The van der Waals surface area contributed by atoms with Crippen LogP contribution in [0.5, 0.6) is 0 Å². The first-order valence-corrected chi connectivity index (χ1v) is 7.78. The predicted molar refractivity (Wildman–Crippen MR) is 72.5 cm³/mol. The van der Waals surface area contributed by atoms with Crippen LogP contribution in [0.15, 0.2) is 6.07 Å². The van der Waals surface area contributed by atoms with Gasteiger partial charge >= 0.3 is 0 Å². The second-order valence-electron chi connectivity index (χ2n) is 4.18. The van der Waals surface area contributed by atoms with Gasteiger partial charge in [0.15, 0.2) is 0 Å². The molecule has 0 aliphatic heterocycles. The van der Waals surface area contributed by atoms with Gasteiger partial charge in [-0.05, 0) is 0 Å². The lowest BCUT2D eigenvalue weighted by molar-refractivity contribution is 0.589. The summed E-state index contributed by atoms with van der Waals surface area (Å²) in [6.07, 6.45) is 1.12. The van der Waals surface area contributed by atoms with Crippen molar-refractivity contribution in [1.29, 1.82) is 0 Å². The quantitative estimate of drug-likeness (QED) is 0.608. The largest absolute Gasteiger partial charge is 0.369 e. The minimum atomic E-state index is -3.16. The molecular weight excluding hydrogens is 276 g/mol. The summed E-state index contributed by atoms with van der Waals surface area (Å²) in [4.78, 5) is 8.39. The van der Waals surface area contributed by atoms with E-state index in [9.17, 15) is 8.42 Å². The monoisotopic (exact) mass is 292 g/mol. The third-order valence-electron chi connectivity index (χ3n) is 2.02. The van der Waals surface area contributed by atoms with Gasteiger partial charge in [-0.15, -0.1) is 0 Å². The molecule has 0 aliphatic rings. The molecule has 1 aromatic heterocycles. The SMILES string of the molecule is CC(C)c1nc(Cl)cc(NCCNS(C)(=O)=O)n1. The number of rotatable bonds is 6. The Labute approximate surface area is 112 Å². The molecular formula is C10H17ClN4O2S. The fraction of sp³-hybridized carbons (Fsp3) is 0.600. The molecule has 0 fully saturated rings. The number of sulfonamides is 1. The number of hydrogen-bond donors (Lipinski definition) is 2. The zero-order valence-electron chi connectivity index (χ0n) is 10.6. The van der Waals surface area contributed by atoms with E-state index in [1.165, 1.54) is 0 Å². The molecule has 0 bridgehead atoms. The molecule has 0 radical (unpaired) electrons. The van der Waals surface area contributed by atoms with Crippen LogP contribution in [-0.2, 0) is 10.0 Å². The van der Waals surface area contributed by atoms with Crippen LogP contribution in [0.2, 0.25) is 5.15 Å². The second-order valence-corrected chi connectivity index (χ2v) is 6.40. The molecule has 0 spiro atoms. The summed E-state index contributed by atoms with van der Waals surface area (Å²) in [5.41, 5.74) is 0. The second kappa shape index (κ2) is 6.31. The predicted octanol–water partition coefficient (Wildman–Crippen LogP) is 1.21. The number of nitrogens with one attached hydrogen (secondary N) is 2. The van der Waals surface area contributed by atoms with Crippen molar-refractivity contribution in [2.45, 2.75) is 19.8 Å². The van der Waals surface area contributed by atoms with Crippen LogP contribution >= 0.6 is 11.6 Å². The van der Waals surface area contributed by atoms with Crippen LogP contribution < -0.4 is 10.0 Å². The van der Waals surface area contributed by atoms with Crippen molar-refractivity contribution in [3.05, 3.63) is 17.0 Å². The molecule has 0 amide bonds. The highest BCUT2D eigenvalue weighted by atomic mass is 35.5. The maximum absolute atomic E-state index is 10.9. The van der Waals surface area contributed by atoms with Gasteiger partial charge in [-0.2, -0.15) is 0 Å². The van der Waals surface area contributed by atoms with Crippen LogP contribution in [0.1, 0.15) is 25.6 Å². The fourth-order valence-electron chi connectivity index (χ4n) is 1.21. The van der Waals surface area contributed by atoms with Gasteiger partial charge in [0.2, 0.25) is 10.0 Å². The van der Waals surface area contributed by atoms with Crippen LogP contribution in [0.25, 0.3) is 0 Å². The molecule has 2 N–H and O–H groups in total. The molecule has 1 aromatic rings. The molecule has 0 aromatic carbocycles. The van der Waals surface area contributed by atoms with E-state index in [2.05, 4.69) is 20.0 Å². The minimum Gasteiger partial charge on any atom is -0.369 e. The molecule has 0 atom stereocenters. The Balaban J connectivity index is 2.57. The average molecular weight is 293 g/mol. The van der Waals surface area contributed by atoms with E-state index in [1.807, 2.05) is 13.8 Å². The van der Waals surface area contributed by atoms with Gasteiger partial charge in [0.05, 0.1) is 6.26 Å². The van der Waals surface area contributed by atoms with Crippen molar-refractivity contribution in [3.63, 3.8) is 0 Å². The normalized spacial score (nSPS) is 11.8. The number of anilines is 1. The highest BCUT2D eigenvalue weighted by Gasteiger charge is 2.07. The Morgan fingerprint density at radius 3 is 2.56 bits per heavy atom. The smallest absolute Gasteiger partial charge is 0.208 e. The van der Waals surface area contributed by atoms with Crippen molar-refractivity contribution in [3.8, 4) is 0 Å². The number of nitrogens with zero attached hydrogens (tertiary/aromatic N) is 2. The maximum Gasteiger partial charge on any atom is 0.208 e. The molecule has 0 saturated heterocycles. The summed E-state index contributed by atoms with van der Waals surface area (Å²) < 4.78 is 24.1. The summed E-state index contributed by atoms with van der Waals surface area (Å²) in [5.74, 6) is 1.42. The molecule has 0 saturated carbocycles. The van der Waals surface area contributed by atoms with Crippen LogP contribution in [0.4, 0.5) is 5.82 Å². The first-order valence-electron chi connectivity index (χ1n) is 5.51. The van der Waals surface area contributed by atoms with Gasteiger partial charge in [-0.1, -0.05) is 25.4 Å². The van der Waals surface area contributed by atoms with E-state index < -0.39 is 10.0 Å². The summed E-state index contributed by atoms with van der Waals surface area (Å²) in [5, 5.41) is 3.36. The molecule has 0 aliphatic carbocycles. The lowest BCUT2D eigenvalue weighted by Gasteiger charge is -2.09. The molecule has 0 unspecified atom stereocenters. The average Bonchev–Trinajstić information content (AvgIpc) is 2.22. The van der Waals surface area contributed by atoms with Crippen LogP contribution in [0, 0.1) is 0 Å². The third-order valence-corrected chi connectivity index (χ3v) is 2.95. The summed E-state index contributed by atoms with van der Waals surface area (Å²) in [6.45, 7) is 4.66. The Bertz CT molecular complexity index is 505.